The standard InChI is InChI=1S/C18H13F3N4O3/c1-9-2-4-12-11(6-9)17(14(26)23-12)15(27)24-16(28)25(17)8-10-3-5-13(22-7-10)18(19,20)21/h2-7H,8H2,1H3,(H,23,26)(H,24,27,28)/t17-/m1/s1. The number of nitrogens with zero attached hydrogens (tertiary/aromatic N) is 2. The van der Waals surface area contributed by atoms with Gasteiger partial charge in [0.25, 0.3) is 11.8 Å². The number of carbonyl (C=O) groups is 3. The summed E-state index contributed by atoms with van der Waals surface area (Å²) in [6.45, 7) is 1.50. The van der Waals surface area contributed by atoms with Crippen molar-refractivity contribution in [1.29, 1.82) is 0 Å². The summed E-state index contributed by atoms with van der Waals surface area (Å²) in [5.41, 5.74) is -1.26. The number of anilines is 1. The lowest BCUT2D eigenvalue weighted by molar-refractivity contribution is -0.141. The minimum Gasteiger partial charge on any atom is -0.323 e. The van der Waals surface area contributed by atoms with Crippen molar-refractivity contribution in [2.24, 2.45) is 0 Å². The molecule has 0 aliphatic carbocycles. The van der Waals surface area contributed by atoms with Gasteiger partial charge in [-0.3, -0.25) is 24.8 Å². The van der Waals surface area contributed by atoms with Gasteiger partial charge in [0, 0.05) is 17.4 Å². The van der Waals surface area contributed by atoms with Crippen LogP contribution in [-0.4, -0.2) is 27.7 Å². The van der Waals surface area contributed by atoms with Gasteiger partial charge in [-0.25, -0.2) is 4.79 Å². The molecule has 1 atom stereocenters. The quantitative estimate of drug-likeness (QED) is 0.608. The van der Waals surface area contributed by atoms with Crippen molar-refractivity contribution in [2.75, 3.05) is 5.32 Å². The fraction of sp³-hybridized carbons (Fsp3) is 0.222. The van der Waals surface area contributed by atoms with Gasteiger partial charge in [-0.05, 0) is 24.6 Å². The summed E-state index contributed by atoms with van der Waals surface area (Å²) in [7, 11) is 0. The molecule has 144 valence electrons. The number of imide groups is 1. The molecule has 0 radical (unpaired) electrons. The molecule has 2 N–H and O–H groups in total. The predicted octanol–water partition coefficient (Wildman–Crippen LogP) is 2.31. The number of carbonyl (C=O) groups excluding carboxylic acids is 3. The molecular formula is C18H13F3N4O3. The van der Waals surface area contributed by atoms with E-state index in [-0.39, 0.29) is 12.1 Å². The number of aromatic nitrogens is 1. The zero-order valence-corrected chi connectivity index (χ0v) is 14.4. The molecular weight excluding hydrogens is 377 g/mol. The average molecular weight is 390 g/mol. The molecule has 3 heterocycles. The Bertz CT molecular complexity index is 1020. The topological polar surface area (TPSA) is 91.4 Å². The van der Waals surface area contributed by atoms with Gasteiger partial charge in [-0.2, -0.15) is 13.2 Å². The Kier molecular flexibility index (Phi) is 3.71. The van der Waals surface area contributed by atoms with Crippen LogP contribution in [-0.2, 0) is 27.8 Å². The molecule has 1 fully saturated rings. The molecule has 1 saturated heterocycles. The van der Waals surface area contributed by atoms with Crippen molar-refractivity contribution < 1.29 is 27.6 Å². The highest BCUT2D eigenvalue weighted by Gasteiger charge is 2.63. The first-order valence-electron chi connectivity index (χ1n) is 8.22. The van der Waals surface area contributed by atoms with Crippen LogP contribution in [0.3, 0.4) is 0 Å². The number of benzene rings is 1. The van der Waals surface area contributed by atoms with Crippen molar-refractivity contribution in [3.8, 4) is 0 Å². The van der Waals surface area contributed by atoms with Crippen molar-refractivity contribution in [3.05, 3.63) is 58.9 Å². The van der Waals surface area contributed by atoms with E-state index < -0.39 is 35.3 Å². The number of alkyl halides is 3. The Morgan fingerprint density at radius 3 is 2.43 bits per heavy atom. The number of nitrogens with one attached hydrogen (secondary N) is 2. The number of pyridine rings is 1. The monoisotopic (exact) mass is 390 g/mol. The Morgan fingerprint density at radius 1 is 1.07 bits per heavy atom. The third-order valence-corrected chi connectivity index (χ3v) is 4.80. The molecule has 2 aromatic rings. The number of amides is 4. The second-order valence-corrected chi connectivity index (χ2v) is 6.61. The van der Waals surface area contributed by atoms with Gasteiger partial charge in [-0.1, -0.05) is 23.8 Å². The lowest BCUT2D eigenvalue weighted by Crippen LogP contribution is -2.51. The van der Waals surface area contributed by atoms with E-state index >= 15 is 0 Å². The molecule has 0 saturated carbocycles. The Balaban J connectivity index is 1.77. The fourth-order valence-electron chi connectivity index (χ4n) is 3.48. The number of hydrogen-bond acceptors (Lipinski definition) is 4. The van der Waals surface area contributed by atoms with Gasteiger partial charge in [0.2, 0.25) is 5.54 Å². The van der Waals surface area contributed by atoms with E-state index in [0.717, 1.165) is 28.8 Å². The number of fused-ring (bicyclic) bond motifs is 2. The summed E-state index contributed by atoms with van der Waals surface area (Å²) in [6.07, 6.45) is -3.63. The van der Waals surface area contributed by atoms with Crippen molar-refractivity contribution in [2.45, 2.75) is 25.2 Å². The molecule has 2 aliphatic heterocycles. The highest BCUT2D eigenvalue weighted by atomic mass is 19.4. The first-order valence-corrected chi connectivity index (χ1v) is 8.22. The normalized spacial score (nSPS) is 21.1. The van der Waals surface area contributed by atoms with Crippen molar-refractivity contribution in [1.82, 2.24) is 15.2 Å². The second kappa shape index (κ2) is 5.78. The number of halogens is 3. The third kappa shape index (κ3) is 2.44. The maximum absolute atomic E-state index is 12.8. The van der Waals surface area contributed by atoms with Crippen LogP contribution < -0.4 is 10.6 Å². The van der Waals surface area contributed by atoms with E-state index in [4.69, 9.17) is 0 Å². The van der Waals surface area contributed by atoms with E-state index in [0.29, 0.717) is 11.3 Å². The molecule has 4 amide bonds. The third-order valence-electron chi connectivity index (χ3n) is 4.80. The molecule has 2 aliphatic rings. The van der Waals surface area contributed by atoms with Gasteiger partial charge in [-0.15, -0.1) is 0 Å². The zero-order chi connectivity index (χ0) is 20.3. The van der Waals surface area contributed by atoms with Crippen LogP contribution in [0, 0.1) is 6.92 Å². The van der Waals surface area contributed by atoms with E-state index in [1.54, 1.807) is 25.1 Å². The number of urea groups is 1. The van der Waals surface area contributed by atoms with E-state index in [9.17, 15) is 27.6 Å². The number of hydrogen-bond donors (Lipinski definition) is 2. The smallest absolute Gasteiger partial charge is 0.323 e. The fourth-order valence-corrected chi connectivity index (χ4v) is 3.48. The molecule has 4 rings (SSSR count). The minimum absolute atomic E-state index is 0.242. The van der Waals surface area contributed by atoms with Crippen LogP contribution in [0.4, 0.5) is 23.7 Å². The van der Waals surface area contributed by atoms with Crippen molar-refractivity contribution in [3.63, 3.8) is 0 Å². The first kappa shape index (κ1) is 18.0. The Labute approximate surface area is 156 Å². The lowest BCUT2D eigenvalue weighted by atomic mass is 9.88. The maximum atomic E-state index is 12.8. The first-order chi connectivity index (χ1) is 13.1. The van der Waals surface area contributed by atoms with E-state index in [2.05, 4.69) is 15.6 Å². The average Bonchev–Trinajstić information content (AvgIpc) is 3.04. The summed E-state index contributed by atoms with van der Waals surface area (Å²) in [5.74, 6) is -1.50. The second-order valence-electron chi connectivity index (χ2n) is 6.61. The molecule has 1 aromatic carbocycles. The van der Waals surface area contributed by atoms with Gasteiger partial charge in [0.1, 0.15) is 5.69 Å². The highest BCUT2D eigenvalue weighted by Crippen LogP contribution is 2.44. The molecule has 1 spiro atoms. The van der Waals surface area contributed by atoms with E-state index in [1.807, 2.05) is 0 Å². The molecule has 0 bridgehead atoms. The lowest BCUT2D eigenvalue weighted by Gasteiger charge is -2.30. The Hall–Kier alpha value is -3.43. The summed E-state index contributed by atoms with van der Waals surface area (Å²) in [6, 6.07) is 6.13. The highest BCUT2D eigenvalue weighted by molar-refractivity contribution is 6.26. The molecule has 1 aromatic heterocycles. The Morgan fingerprint density at radius 2 is 1.79 bits per heavy atom. The van der Waals surface area contributed by atoms with Gasteiger partial charge in [0.05, 0.1) is 6.54 Å². The van der Waals surface area contributed by atoms with Crippen LogP contribution in [0.2, 0.25) is 0 Å². The van der Waals surface area contributed by atoms with Gasteiger partial charge >= 0.3 is 12.2 Å². The van der Waals surface area contributed by atoms with Crippen LogP contribution in [0.25, 0.3) is 0 Å². The molecule has 28 heavy (non-hydrogen) atoms. The number of rotatable bonds is 2. The molecule has 7 nitrogen and oxygen atoms in total. The van der Waals surface area contributed by atoms with Gasteiger partial charge in [0.15, 0.2) is 0 Å². The molecule has 10 heteroatoms. The summed E-state index contributed by atoms with van der Waals surface area (Å²) in [4.78, 5) is 42.3. The summed E-state index contributed by atoms with van der Waals surface area (Å²) in [5, 5.41) is 4.73. The zero-order valence-electron chi connectivity index (χ0n) is 14.4. The van der Waals surface area contributed by atoms with Gasteiger partial charge < -0.3 is 5.32 Å². The minimum atomic E-state index is -4.59. The van der Waals surface area contributed by atoms with Crippen LogP contribution in [0.15, 0.2) is 36.5 Å². The summed E-state index contributed by atoms with van der Waals surface area (Å²) >= 11 is 0. The SMILES string of the molecule is Cc1ccc2c(c1)[C@]1(C(=O)NC(=O)N1Cc1ccc(C(F)(F)F)nc1)C(=O)N2. The number of aryl methyl sites for hydroxylation is 1. The van der Waals surface area contributed by atoms with Crippen LogP contribution in [0.1, 0.15) is 22.4 Å². The molecule has 0 unspecified atom stereocenters. The largest absolute Gasteiger partial charge is 0.433 e. The predicted molar refractivity (Wildman–Crippen MR) is 89.8 cm³/mol. The van der Waals surface area contributed by atoms with Crippen LogP contribution >= 0.6 is 0 Å². The summed E-state index contributed by atoms with van der Waals surface area (Å²) < 4.78 is 38.1. The van der Waals surface area contributed by atoms with E-state index in [1.165, 1.54) is 0 Å². The van der Waals surface area contributed by atoms with Crippen molar-refractivity contribution >= 4 is 23.5 Å². The van der Waals surface area contributed by atoms with Crippen LogP contribution in [0.5, 0.6) is 0 Å². The maximum Gasteiger partial charge on any atom is 0.433 e.